The number of aromatic nitrogens is 2. The molecule has 6 heteroatoms. The van der Waals surface area contributed by atoms with Crippen molar-refractivity contribution in [3.63, 3.8) is 0 Å². The third kappa shape index (κ3) is 4.31. The predicted molar refractivity (Wildman–Crippen MR) is 88.3 cm³/mol. The van der Waals surface area contributed by atoms with Gasteiger partial charge in [0.15, 0.2) is 5.82 Å². The zero-order valence-electron chi connectivity index (χ0n) is 14.7. The molecule has 3 rings (SSSR count). The molecule has 1 aromatic heterocycles. The van der Waals surface area contributed by atoms with Gasteiger partial charge in [0.25, 0.3) is 0 Å². The van der Waals surface area contributed by atoms with Crippen LogP contribution in [0.3, 0.4) is 0 Å². The molecule has 2 fully saturated rings. The highest BCUT2D eigenvalue weighted by atomic mass is 16.5. The van der Waals surface area contributed by atoms with Gasteiger partial charge in [-0.2, -0.15) is 4.98 Å². The second-order valence-corrected chi connectivity index (χ2v) is 7.27. The minimum atomic E-state index is 0.362. The molecule has 1 saturated carbocycles. The third-order valence-electron chi connectivity index (χ3n) is 5.36. The van der Waals surface area contributed by atoms with E-state index in [9.17, 15) is 0 Å². The van der Waals surface area contributed by atoms with E-state index in [1.807, 2.05) is 0 Å². The molecule has 0 amide bonds. The summed E-state index contributed by atoms with van der Waals surface area (Å²) in [6, 6.07) is 0.537. The first-order chi connectivity index (χ1) is 11.2. The largest absolute Gasteiger partial charge is 0.380 e. The Morgan fingerprint density at radius 1 is 1.30 bits per heavy atom. The number of ether oxygens (including phenoxy) is 1. The fourth-order valence-corrected chi connectivity index (χ4v) is 3.93. The summed E-state index contributed by atoms with van der Waals surface area (Å²) in [4.78, 5) is 9.31. The summed E-state index contributed by atoms with van der Waals surface area (Å²) < 4.78 is 11.0. The summed E-state index contributed by atoms with van der Waals surface area (Å²) >= 11 is 0. The summed E-state index contributed by atoms with van der Waals surface area (Å²) in [6.07, 6.45) is 7.77. The summed E-state index contributed by atoms with van der Waals surface area (Å²) in [5.41, 5.74) is 0. The molecule has 0 spiro atoms. The van der Waals surface area contributed by atoms with E-state index < -0.39 is 0 Å². The number of likely N-dealkylation sites (N-methyl/N-ethyl adjacent to an activating group) is 2. The van der Waals surface area contributed by atoms with Crippen molar-refractivity contribution >= 4 is 0 Å². The van der Waals surface area contributed by atoms with Crippen LogP contribution in [0.5, 0.6) is 0 Å². The molecule has 0 N–H and O–H groups in total. The third-order valence-corrected chi connectivity index (χ3v) is 5.36. The van der Waals surface area contributed by atoms with Crippen molar-refractivity contribution < 1.29 is 9.26 Å². The second kappa shape index (κ2) is 7.73. The fourth-order valence-electron chi connectivity index (χ4n) is 3.93. The normalized spacial score (nSPS) is 27.1. The van der Waals surface area contributed by atoms with Gasteiger partial charge >= 0.3 is 0 Å². The molecule has 1 aliphatic carbocycles. The second-order valence-electron chi connectivity index (χ2n) is 7.27. The summed E-state index contributed by atoms with van der Waals surface area (Å²) in [5, 5.41) is 4.19. The van der Waals surface area contributed by atoms with Crippen LogP contribution in [0.15, 0.2) is 4.52 Å². The number of hydrogen-bond acceptors (Lipinski definition) is 6. The van der Waals surface area contributed by atoms with Gasteiger partial charge in [0, 0.05) is 32.2 Å². The molecule has 0 aromatic carbocycles. The van der Waals surface area contributed by atoms with Crippen molar-refractivity contribution in [1.82, 2.24) is 19.9 Å². The molecular weight excluding hydrogens is 292 g/mol. The van der Waals surface area contributed by atoms with Crippen molar-refractivity contribution in [1.29, 1.82) is 0 Å². The van der Waals surface area contributed by atoms with Crippen LogP contribution >= 0.6 is 0 Å². The Kier molecular flexibility index (Phi) is 5.67. The number of rotatable bonds is 6. The molecule has 2 atom stereocenters. The van der Waals surface area contributed by atoms with Gasteiger partial charge in [-0.3, -0.25) is 9.80 Å². The van der Waals surface area contributed by atoms with Crippen molar-refractivity contribution in [2.24, 2.45) is 0 Å². The maximum atomic E-state index is 5.51. The summed E-state index contributed by atoms with van der Waals surface area (Å²) in [5.74, 6) is 2.15. The van der Waals surface area contributed by atoms with E-state index in [2.05, 4.69) is 34.0 Å². The zero-order valence-corrected chi connectivity index (χ0v) is 14.7. The van der Waals surface area contributed by atoms with Gasteiger partial charge < -0.3 is 9.26 Å². The lowest BCUT2D eigenvalue weighted by Crippen LogP contribution is -2.36. The van der Waals surface area contributed by atoms with Crippen LogP contribution in [0.1, 0.15) is 56.2 Å². The smallest absolute Gasteiger partial charge is 0.229 e. The van der Waals surface area contributed by atoms with Crippen LogP contribution in [0.4, 0.5) is 0 Å². The van der Waals surface area contributed by atoms with E-state index in [0.29, 0.717) is 18.1 Å². The first kappa shape index (κ1) is 16.9. The lowest BCUT2D eigenvalue weighted by molar-refractivity contribution is 0.111. The average molecular weight is 322 g/mol. The Labute approximate surface area is 139 Å². The van der Waals surface area contributed by atoms with Gasteiger partial charge in [0.05, 0.1) is 12.6 Å². The molecule has 1 saturated heterocycles. The van der Waals surface area contributed by atoms with Crippen molar-refractivity contribution in [2.45, 2.75) is 63.1 Å². The summed E-state index contributed by atoms with van der Waals surface area (Å²) in [7, 11) is 6.11. The van der Waals surface area contributed by atoms with E-state index in [4.69, 9.17) is 9.26 Å². The molecule has 130 valence electrons. The Morgan fingerprint density at radius 3 is 2.78 bits per heavy atom. The first-order valence-corrected chi connectivity index (χ1v) is 8.89. The van der Waals surface area contributed by atoms with Crippen molar-refractivity contribution in [2.75, 3.05) is 34.3 Å². The topological polar surface area (TPSA) is 54.6 Å². The van der Waals surface area contributed by atoms with Gasteiger partial charge in [0.2, 0.25) is 5.89 Å². The quantitative estimate of drug-likeness (QED) is 0.801. The van der Waals surface area contributed by atoms with Gasteiger partial charge in [0.1, 0.15) is 0 Å². The highest BCUT2D eigenvalue weighted by Crippen LogP contribution is 2.31. The molecule has 1 aliphatic heterocycles. The molecule has 0 bridgehead atoms. The lowest BCUT2D eigenvalue weighted by atomic mass is 9.89. The molecule has 0 radical (unpaired) electrons. The van der Waals surface area contributed by atoms with Gasteiger partial charge in [-0.05, 0) is 33.4 Å². The number of hydrogen-bond donors (Lipinski definition) is 0. The van der Waals surface area contributed by atoms with Gasteiger partial charge in [-0.15, -0.1) is 0 Å². The molecule has 6 nitrogen and oxygen atoms in total. The van der Waals surface area contributed by atoms with Gasteiger partial charge in [-0.25, -0.2) is 0 Å². The summed E-state index contributed by atoms with van der Waals surface area (Å²) in [6.45, 7) is 2.77. The SMILES string of the molecule is CO[C@H]1C[C@@H](CN(C)Cc2noc(C3CCCCC3)n2)N(C)C1. The lowest BCUT2D eigenvalue weighted by Gasteiger charge is -2.24. The standard InChI is InChI=1S/C17H30N4O2/c1-20(10-14-9-15(22-3)11-21(14)2)12-16-18-17(23-19-16)13-7-5-4-6-8-13/h13-15H,4-12H2,1-3H3/t14-,15-/m0/s1. The highest BCUT2D eigenvalue weighted by Gasteiger charge is 2.30. The fraction of sp³-hybridized carbons (Fsp3) is 0.882. The molecule has 1 aromatic rings. The minimum Gasteiger partial charge on any atom is -0.380 e. The monoisotopic (exact) mass is 322 g/mol. The first-order valence-electron chi connectivity index (χ1n) is 8.89. The van der Waals surface area contributed by atoms with E-state index in [1.165, 1.54) is 32.1 Å². The molecule has 2 heterocycles. The number of likely N-dealkylation sites (tertiary alicyclic amines) is 1. The van der Waals surface area contributed by atoms with Crippen LogP contribution in [-0.2, 0) is 11.3 Å². The Balaban J connectivity index is 1.50. The maximum Gasteiger partial charge on any atom is 0.229 e. The maximum absolute atomic E-state index is 5.51. The molecule has 23 heavy (non-hydrogen) atoms. The molecule has 2 aliphatic rings. The highest BCUT2D eigenvalue weighted by molar-refractivity contribution is 4.96. The predicted octanol–water partition coefficient (Wildman–Crippen LogP) is 2.27. The number of methoxy groups -OCH3 is 1. The van der Waals surface area contributed by atoms with Crippen molar-refractivity contribution in [3.05, 3.63) is 11.7 Å². The van der Waals surface area contributed by atoms with Crippen LogP contribution in [0, 0.1) is 0 Å². The van der Waals surface area contributed by atoms with Crippen molar-refractivity contribution in [3.8, 4) is 0 Å². The van der Waals surface area contributed by atoms with Crippen LogP contribution < -0.4 is 0 Å². The van der Waals surface area contributed by atoms with E-state index >= 15 is 0 Å². The average Bonchev–Trinajstić information content (AvgIpc) is 3.15. The molecular formula is C17H30N4O2. The van der Waals surface area contributed by atoms with Crippen LogP contribution in [0.25, 0.3) is 0 Å². The van der Waals surface area contributed by atoms with Gasteiger partial charge in [-0.1, -0.05) is 24.4 Å². The molecule has 0 unspecified atom stereocenters. The van der Waals surface area contributed by atoms with E-state index in [-0.39, 0.29) is 0 Å². The Morgan fingerprint density at radius 2 is 2.09 bits per heavy atom. The minimum absolute atomic E-state index is 0.362. The zero-order chi connectivity index (χ0) is 16.2. The van der Waals surface area contributed by atoms with E-state index in [1.54, 1.807) is 7.11 Å². The van der Waals surface area contributed by atoms with Crippen LogP contribution in [0.2, 0.25) is 0 Å². The van der Waals surface area contributed by atoms with Crippen LogP contribution in [-0.4, -0.2) is 66.4 Å². The Hall–Kier alpha value is -0.980. The Bertz CT molecular complexity index is 487. The van der Waals surface area contributed by atoms with E-state index in [0.717, 1.165) is 37.8 Å². The number of nitrogens with zero attached hydrogens (tertiary/aromatic N) is 4.